The average Bonchev–Trinajstić information content (AvgIpc) is 2.46. The Bertz CT molecular complexity index is 214. The number of hydrogen-bond donors (Lipinski definition) is 1. The first kappa shape index (κ1) is 12.4. The van der Waals surface area contributed by atoms with E-state index in [0.29, 0.717) is 0 Å². The molecule has 0 aromatic carbocycles. The first-order chi connectivity index (χ1) is 7.14. The fraction of sp³-hybridized carbons (Fsp3) is 0.909. The van der Waals surface area contributed by atoms with E-state index in [1.54, 1.807) is 6.92 Å². The van der Waals surface area contributed by atoms with E-state index in [9.17, 15) is 0 Å². The van der Waals surface area contributed by atoms with Crippen molar-refractivity contribution in [3.8, 4) is 6.07 Å². The summed E-state index contributed by atoms with van der Waals surface area (Å²) >= 11 is 0. The summed E-state index contributed by atoms with van der Waals surface area (Å²) in [5, 5.41) is 8.77. The smallest absolute Gasteiger partial charge is 0.101 e. The van der Waals surface area contributed by atoms with Crippen LogP contribution in [0.1, 0.15) is 26.2 Å². The van der Waals surface area contributed by atoms with Gasteiger partial charge in [0, 0.05) is 19.7 Å². The molecule has 0 saturated carbocycles. The average molecular weight is 211 g/mol. The van der Waals surface area contributed by atoms with E-state index in [4.69, 9.17) is 15.7 Å². The van der Waals surface area contributed by atoms with Crippen LogP contribution in [0, 0.1) is 11.3 Å². The van der Waals surface area contributed by atoms with Crippen LogP contribution in [-0.2, 0) is 4.74 Å². The Kier molecular flexibility index (Phi) is 5.03. The zero-order valence-corrected chi connectivity index (χ0v) is 9.54. The molecule has 0 bridgehead atoms. The molecule has 0 aromatic rings. The lowest BCUT2D eigenvalue weighted by Gasteiger charge is -2.21. The van der Waals surface area contributed by atoms with Crippen LogP contribution in [0.3, 0.4) is 0 Å². The van der Waals surface area contributed by atoms with Crippen LogP contribution < -0.4 is 5.73 Å². The highest BCUT2D eigenvalue weighted by Crippen LogP contribution is 2.09. The predicted molar refractivity (Wildman–Crippen MR) is 59.3 cm³/mol. The topological polar surface area (TPSA) is 62.3 Å². The van der Waals surface area contributed by atoms with Gasteiger partial charge < -0.3 is 15.4 Å². The van der Waals surface area contributed by atoms with Crippen molar-refractivity contribution in [2.45, 2.75) is 31.7 Å². The fourth-order valence-electron chi connectivity index (χ4n) is 1.75. The molecule has 4 heteroatoms. The monoisotopic (exact) mass is 211 g/mol. The molecule has 1 aliphatic rings. The number of ether oxygens (including phenoxy) is 1. The van der Waals surface area contributed by atoms with Gasteiger partial charge in [0.25, 0.3) is 0 Å². The van der Waals surface area contributed by atoms with E-state index in [0.717, 1.165) is 52.1 Å². The molecule has 0 spiro atoms. The van der Waals surface area contributed by atoms with Crippen LogP contribution in [0.5, 0.6) is 0 Å². The fourth-order valence-corrected chi connectivity index (χ4v) is 1.75. The van der Waals surface area contributed by atoms with Crippen molar-refractivity contribution in [3.05, 3.63) is 0 Å². The normalized spacial score (nSPS) is 22.7. The molecule has 2 N–H and O–H groups in total. The quantitative estimate of drug-likeness (QED) is 0.744. The van der Waals surface area contributed by atoms with Crippen molar-refractivity contribution in [3.63, 3.8) is 0 Å². The number of hydrogen-bond acceptors (Lipinski definition) is 4. The molecule has 1 rings (SSSR count). The molecule has 0 radical (unpaired) electrons. The summed E-state index contributed by atoms with van der Waals surface area (Å²) in [7, 11) is 0. The van der Waals surface area contributed by atoms with Gasteiger partial charge in [-0.25, -0.2) is 0 Å². The first-order valence-electron chi connectivity index (χ1n) is 5.64. The van der Waals surface area contributed by atoms with Crippen LogP contribution in [0.15, 0.2) is 0 Å². The molecule has 0 amide bonds. The van der Waals surface area contributed by atoms with Crippen LogP contribution in [-0.4, -0.2) is 43.3 Å². The Hall–Kier alpha value is -0.630. The number of nitrogens with two attached hydrogens (primary N) is 1. The Morgan fingerprint density at radius 1 is 1.47 bits per heavy atom. The van der Waals surface area contributed by atoms with E-state index in [1.807, 2.05) is 0 Å². The predicted octanol–water partition coefficient (Wildman–Crippen LogP) is 0.730. The van der Waals surface area contributed by atoms with Crippen LogP contribution in [0.4, 0.5) is 0 Å². The largest absolute Gasteiger partial charge is 0.380 e. The Labute approximate surface area is 92.0 Å². The molecule has 1 heterocycles. The second kappa shape index (κ2) is 6.06. The van der Waals surface area contributed by atoms with Gasteiger partial charge in [0.15, 0.2) is 0 Å². The van der Waals surface area contributed by atoms with E-state index in [-0.39, 0.29) is 0 Å². The Balaban J connectivity index is 2.16. The third-order valence-corrected chi connectivity index (χ3v) is 2.74. The van der Waals surface area contributed by atoms with Crippen molar-refractivity contribution >= 4 is 0 Å². The maximum atomic E-state index is 8.77. The first-order valence-corrected chi connectivity index (χ1v) is 5.64. The molecule has 1 aliphatic heterocycles. The van der Waals surface area contributed by atoms with E-state index >= 15 is 0 Å². The number of rotatable bonds is 4. The third kappa shape index (κ3) is 5.12. The van der Waals surface area contributed by atoms with E-state index in [2.05, 4.69) is 11.0 Å². The summed E-state index contributed by atoms with van der Waals surface area (Å²) < 4.78 is 5.37. The highest BCUT2D eigenvalue weighted by Gasteiger charge is 2.17. The molecule has 1 atom stereocenters. The summed E-state index contributed by atoms with van der Waals surface area (Å²) in [4.78, 5) is 2.39. The molecule has 1 unspecified atom stereocenters. The lowest BCUT2D eigenvalue weighted by Crippen LogP contribution is -2.36. The second-order valence-corrected chi connectivity index (χ2v) is 4.44. The minimum Gasteiger partial charge on any atom is -0.380 e. The zero-order chi connectivity index (χ0) is 11.1. The summed E-state index contributed by atoms with van der Waals surface area (Å²) in [6.45, 7) is 6.64. The summed E-state index contributed by atoms with van der Waals surface area (Å²) in [6.07, 6.45) is 2.86. The second-order valence-electron chi connectivity index (χ2n) is 4.44. The van der Waals surface area contributed by atoms with Crippen LogP contribution in [0.25, 0.3) is 0 Å². The zero-order valence-electron chi connectivity index (χ0n) is 9.54. The van der Waals surface area contributed by atoms with Gasteiger partial charge in [-0.15, -0.1) is 0 Å². The minimum atomic E-state index is -0.664. The summed E-state index contributed by atoms with van der Waals surface area (Å²) in [6, 6.07) is 2.13. The molecule has 0 aromatic heterocycles. The molecule has 1 saturated heterocycles. The summed E-state index contributed by atoms with van der Waals surface area (Å²) in [5.41, 5.74) is 5.09. The van der Waals surface area contributed by atoms with Crippen LogP contribution in [0.2, 0.25) is 0 Å². The van der Waals surface area contributed by atoms with Crippen molar-refractivity contribution in [2.75, 3.05) is 32.8 Å². The maximum Gasteiger partial charge on any atom is 0.101 e. The van der Waals surface area contributed by atoms with Crippen molar-refractivity contribution in [1.29, 1.82) is 5.26 Å². The van der Waals surface area contributed by atoms with Gasteiger partial charge in [-0.3, -0.25) is 0 Å². The lowest BCUT2D eigenvalue weighted by atomic mass is 9.99. The minimum absolute atomic E-state index is 0.664. The molecule has 15 heavy (non-hydrogen) atoms. The molecular formula is C11H21N3O. The molecule has 1 fully saturated rings. The number of nitriles is 1. The number of nitrogens with zero attached hydrogens (tertiary/aromatic N) is 2. The maximum absolute atomic E-state index is 8.77. The van der Waals surface area contributed by atoms with E-state index in [1.165, 1.54) is 0 Å². The van der Waals surface area contributed by atoms with Gasteiger partial charge in [-0.2, -0.15) is 5.26 Å². The van der Waals surface area contributed by atoms with Gasteiger partial charge in [0.1, 0.15) is 5.54 Å². The molecule has 86 valence electrons. The Morgan fingerprint density at radius 3 is 3.00 bits per heavy atom. The SMILES string of the molecule is CC(N)(C#N)CCCN1CCCOCC1. The van der Waals surface area contributed by atoms with Crippen molar-refractivity contribution < 1.29 is 4.74 Å². The third-order valence-electron chi connectivity index (χ3n) is 2.74. The summed E-state index contributed by atoms with van der Waals surface area (Å²) in [5.74, 6) is 0. The van der Waals surface area contributed by atoms with Gasteiger partial charge in [-0.05, 0) is 32.7 Å². The Morgan fingerprint density at radius 2 is 2.27 bits per heavy atom. The molecule has 0 aliphatic carbocycles. The lowest BCUT2D eigenvalue weighted by molar-refractivity contribution is 0.141. The highest BCUT2D eigenvalue weighted by atomic mass is 16.5. The molecule has 4 nitrogen and oxygen atoms in total. The van der Waals surface area contributed by atoms with Gasteiger partial charge in [0.2, 0.25) is 0 Å². The van der Waals surface area contributed by atoms with Crippen LogP contribution >= 0.6 is 0 Å². The standard InChI is InChI=1S/C11H21N3O/c1-11(13,10-12)4-2-5-14-6-3-8-15-9-7-14/h2-9,13H2,1H3. The van der Waals surface area contributed by atoms with Crippen molar-refractivity contribution in [2.24, 2.45) is 5.73 Å². The highest BCUT2D eigenvalue weighted by molar-refractivity contribution is 5.00. The van der Waals surface area contributed by atoms with Crippen molar-refractivity contribution in [1.82, 2.24) is 4.90 Å². The van der Waals surface area contributed by atoms with Gasteiger partial charge >= 0.3 is 0 Å². The van der Waals surface area contributed by atoms with E-state index < -0.39 is 5.54 Å². The van der Waals surface area contributed by atoms with Gasteiger partial charge in [0.05, 0.1) is 12.7 Å². The molecular weight excluding hydrogens is 190 g/mol. The van der Waals surface area contributed by atoms with Gasteiger partial charge in [-0.1, -0.05) is 0 Å².